The lowest BCUT2D eigenvalue weighted by Crippen LogP contribution is -2.19. The molecule has 1 saturated carbocycles. The van der Waals surface area contributed by atoms with E-state index in [2.05, 4.69) is 26.1 Å². The van der Waals surface area contributed by atoms with Crippen molar-refractivity contribution in [2.24, 2.45) is 5.73 Å². The van der Waals surface area contributed by atoms with E-state index in [4.69, 9.17) is 5.73 Å². The average Bonchev–Trinajstić information content (AvgIpc) is 2.70. The van der Waals surface area contributed by atoms with E-state index < -0.39 is 0 Å². The van der Waals surface area contributed by atoms with Gasteiger partial charge in [-0.25, -0.2) is 0 Å². The molecular formula is C7H10BrN3. The minimum atomic E-state index is 0.242. The molecule has 4 heteroatoms. The van der Waals surface area contributed by atoms with Crippen LogP contribution in [0.3, 0.4) is 0 Å². The Kier molecular flexibility index (Phi) is 1.54. The number of halogens is 1. The van der Waals surface area contributed by atoms with Gasteiger partial charge >= 0.3 is 0 Å². The third kappa shape index (κ3) is 1.01. The standard InChI is InChI=1S/C7H10BrN3/c8-6-5(3-10-11-6)7(4-9)1-2-7/h3H,1-2,4,9H2,(H,10,11). The summed E-state index contributed by atoms with van der Waals surface area (Å²) in [6, 6.07) is 0. The van der Waals surface area contributed by atoms with Crippen molar-refractivity contribution in [3.8, 4) is 0 Å². The number of nitrogens with one attached hydrogen (secondary N) is 1. The van der Waals surface area contributed by atoms with Crippen molar-refractivity contribution in [1.29, 1.82) is 0 Å². The maximum Gasteiger partial charge on any atom is 0.104 e. The molecule has 0 radical (unpaired) electrons. The Morgan fingerprint density at radius 2 is 2.45 bits per heavy atom. The molecule has 1 aliphatic rings. The zero-order valence-electron chi connectivity index (χ0n) is 6.10. The first kappa shape index (κ1) is 7.31. The molecule has 0 aliphatic heterocycles. The number of hydrogen-bond acceptors (Lipinski definition) is 2. The third-order valence-electron chi connectivity index (χ3n) is 2.41. The van der Waals surface area contributed by atoms with Gasteiger partial charge in [-0.2, -0.15) is 5.10 Å². The lowest BCUT2D eigenvalue weighted by atomic mass is 10.0. The Bertz CT molecular complexity index is 264. The van der Waals surface area contributed by atoms with Crippen molar-refractivity contribution in [3.05, 3.63) is 16.4 Å². The molecule has 3 N–H and O–H groups in total. The zero-order chi connectivity index (χ0) is 7.90. The Morgan fingerprint density at radius 1 is 1.73 bits per heavy atom. The van der Waals surface area contributed by atoms with E-state index in [1.54, 1.807) is 0 Å². The van der Waals surface area contributed by atoms with Gasteiger partial charge in [0.1, 0.15) is 4.60 Å². The summed E-state index contributed by atoms with van der Waals surface area (Å²) >= 11 is 3.41. The summed E-state index contributed by atoms with van der Waals surface area (Å²) in [4.78, 5) is 0. The molecule has 1 aromatic heterocycles. The van der Waals surface area contributed by atoms with Gasteiger partial charge in [0, 0.05) is 17.5 Å². The number of nitrogens with two attached hydrogens (primary N) is 1. The van der Waals surface area contributed by atoms with Crippen molar-refractivity contribution in [2.45, 2.75) is 18.3 Å². The van der Waals surface area contributed by atoms with Crippen molar-refractivity contribution in [1.82, 2.24) is 10.2 Å². The van der Waals surface area contributed by atoms with Crippen LogP contribution >= 0.6 is 15.9 Å². The first-order valence-corrected chi connectivity index (χ1v) is 4.47. The van der Waals surface area contributed by atoms with Crippen LogP contribution in [0.5, 0.6) is 0 Å². The van der Waals surface area contributed by atoms with Crippen LogP contribution in [-0.2, 0) is 5.41 Å². The summed E-state index contributed by atoms with van der Waals surface area (Å²) in [5.74, 6) is 0. The molecule has 0 spiro atoms. The second-order valence-electron chi connectivity index (χ2n) is 3.08. The molecule has 60 valence electrons. The van der Waals surface area contributed by atoms with Crippen LogP contribution in [0.2, 0.25) is 0 Å². The number of aromatic nitrogens is 2. The van der Waals surface area contributed by atoms with E-state index in [1.165, 1.54) is 18.4 Å². The third-order valence-corrected chi connectivity index (χ3v) is 3.01. The molecule has 1 fully saturated rings. The quantitative estimate of drug-likeness (QED) is 0.779. The predicted octanol–water partition coefficient (Wildman–Crippen LogP) is 1.16. The normalized spacial score (nSPS) is 20.2. The highest BCUT2D eigenvalue weighted by molar-refractivity contribution is 9.10. The van der Waals surface area contributed by atoms with Gasteiger partial charge in [0.2, 0.25) is 0 Å². The van der Waals surface area contributed by atoms with Crippen molar-refractivity contribution in [3.63, 3.8) is 0 Å². The van der Waals surface area contributed by atoms with Crippen LogP contribution in [0.15, 0.2) is 10.8 Å². The number of nitrogens with zero attached hydrogens (tertiary/aromatic N) is 1. The maximum absolute atomic E-state index is 5.67. The van der Waals surface area contributed by atoms with Gasteiger partial charge in [-0.05, 0) is 28.8 Å². The van der Waals surface area contributed by atoms with E-state index in [0.29, 0.717) is 0 Å². The molecule has 0 unspecified atom stereocenters. The predicted molar refractivity (Wildman–Crippen MR) is 46.3 cm³/mol. The highest BCUT2D eigenvalue weighted by atomic mass is 79.9. The Hall–Kier alpha value is -0.350. The Balaban J connectivity index is 2.35. The zero-order valence-corrected chi connectivity index (χ0v) is 7.69. The van der Waals surface area contributed by atoms with Crippen LogP contribution in [0, 0.1) is 0 Å². The van der Waals surface area contributed by atoms with Crippen LogP contribution in [0.4, 0.5) is 0 Å². The molecule has 0 amide bonds. The van der Waals surface area contributed by atoms with Crippen LogP contribution in [0.1, 0.15) is 18.4 Å². The van der Waals surface area contributed by atoms with Gasteiger partial charge in [0.15, 0.2) is 0 Å². The minimum absolute atomic E-state index is 0.242. The fraction of sp³-hybridized carbons (Fsp3) is 0.571. The number of H-pyrrole nitrogens is 1. The van der Waals surface area contributed by atoms with Gasteiger partial charge in [-0.3, -0.25) is 5.10 Å². The number of rotatable bonds is 2. The maximum atomic E-state index is 5.67. The second-order valence-corrected chi connectivity index (χ2v) is 3.88. The first-order chi connectivity index (χ1) is 5.28. The number of aromatic amines is 1. The van der Waals surface area contributed by atoms with Crippen molar-refractivity contribution < 1.29 is 0 Å². The second kappa shape index (κ2) is 2.32. The molecule has 11 heavy (non-hydrogen) atoms. The summed E-state index contributed by atoms with van der Waals surface area (Å²) < 4.78 is 0.987. The lowest BCUT2D eigenvalue weighted by Gasteiger charge is -2.08. The average molecular weight is 216 g/mol. The summed E-state index contributed by atoms with van der Waals surface area (Å²) in [6.07, 6.45) is 4.26. The van der Waals surface area contributed by atoms with E-state index in [9.17, 15) is 0 Å². The van der Waals surface area contributed by atoms with Crippen molar-refractivity contribution >= 4 is 15.9 Å². The molecule has 1 aliphatic carbocycles. The smallest absolute Gasteiger partial charge is 0.104 e. The molecule has 3 nitrogen and oxygen atoms in total. The van der Waals surface area contributed by atoms with Gasteiger partial charge in [-0.15, -0.1) is 0 Å². The fourth-order valence-corrected chi connectivity index (χ4v) is 2.00. The highest BCUT2D eigenvalue weighted by Crippen LogP contribution is 2.48. The summed E-state index contributed by atoms with van der Waals surface area (Å²) in [5.41, 5.74) is 7.14. The summed E-state index contributed by atoms with van der Waals surface area (Å²) in [5, 5.41) is 6.81. The van der Waals surface area contributed by atoms with Gasteiger partial charge in [0.05, 0.1) is 6.20 Å². The first-order valence-electron chi connectivity index (χ1n) is 3.68. The molecular weight excluding hydrogens is 206 g/mol. The fourth-order valence-electron chi connectivity index (χ4n) is 1.37. The Morgan fingerprint density at radius 3 is 2.82 bits per heavy atom. The highest BCUT2D eigenvalue weighted by Gasteiger charge is 2.44. The summed E-state index contributed by atoms with van der Waals surface area (Å²) in [7, 11) is 0. The molecule has 2 rings (SSSR count). The topological polar surface area (TPSA) is 54.7 Å². The molecule has 0 bridgehead atoms. The van der Waals surface area contributed by atoms with E-state index in [0.717, 1.165) is 11.1 Å². The van der Waals surface area contributed by atoms with Gasteiger partial charge in [0.25, 0.3) is 0 Å². The largest absolute Gasteiger partial charge is 0.330 e. The molecule has 1 heterocycles. The summed E-state index contributed by atoms with van der Waals surface area (Å²) in [6.45, 7) is 0.727. The van der Waals surface area contributed by atoms with Gasteiger partial charge in [-0.1, -0.05) is 0 Å². The van der Waals surface area contributed by atoms with E-state index in [-0.39, 0.29) is 5.41 Å². The molecule has 0 atom stereocenters. The number of hydrogen-bond donors (Lipinski definition) is 2. The minimum Gasteiger partial charge on any atom is -0.330 e. The monoisotopic (exact) mass is 215 g/mol. The molecule has 1 aromatic rings. The molecule has 0 saturated heterocycles. The Labute approximate surface area is 73.5 Å². The van der Waals surface area contributed by atoms with Crippen molar-refractivity contribution in [2.75, 3.05) is 6.54 Å². The molecule has 0 aromatic carbocycles. The van der Waals surface area contributed by atoms with E-state index in [1.807, 2.05) is 6.20 Å². The lowest BCUT2D eigenvalue weighted by molar-refractivity contribution is 0.701. The SMILES string of the molecule is NCC1(c2cn[nH]c2Br)CC1. The van der Waals surface area contributed by atoms with Crippen LogP contribution in [-0.4, -0.2) is 16.7 Å². The van der Waals surface area contributed by atoms with E-state index >= 15 is 0 Å². The van der Waals surface area contributed by atoms with Gasteiger partial charge < -0.3 is 5.73 Å². The van der Waals surface area contributed by atoms with Crippen LogP contribution < -0.4 is 5.73 Å². The van der Waals surface area contributed by atoms with Crippen LogP contribution in [0.25, 0.3) is 0 Å².